The van der Waals surface area contributed by atoms with Gasteiger partial charge in [0, 0.05) is 12.8 Å². The molecule has 2 unspecified atom stereocenters. The van der Waals surface area contributed by atoms with E-state index in [9.17, 15) is 67.0 Å². The van der Waals surface area contributed by atoms with Crippen molar-refractivity contribution >= 4 is 43.2 Å². The van der Waals surface area contributed by atoms with Crippen molar-refractivity contribution in [1.82, 2.24) is 0 Å². The molecule has 0 aromatic rings. The van der Waals surface area contributed by atoms with Crippen LogP contribution in [0.4, 0.5) is 0 Å². The van der Waals surface area contributed by atoms with Crippen molar-refractivity contribution in [2.24, 2.45) is 0 Å². The third-order valence-corrected chi connectivity index (χ3v) is 6.49. The molecule has 1 rings (SSSR count). The number of carbonyl (C=O) groups is 2. The molecule has 0 bridgehead atoms. The zero-order chi connectivity index (χ0) is 29.7. The predicted octanol–water partition coefficient (Wildman–Crippen LogP) is -0.665. The van der Waals surface area contributed by atoms with Gasteiger partial charge in [-0.25, -0.2) is 18.3 Å². The molecule has 0 aliphatic heterocycles. The Morgan fingerprint density at radius 3 is 0.921 bits per heavy atom. The number of rotatable bonds is 14. The first-order valence-electron chi connectivity index (χ1n) is 10.4. The summed E-state index contributed by atoms with van der Waals surface area (Å²) in [6, 6.07) is 0. The summed E-state index contributed by atoms with van der Waals surface area (Å²) in [7, 11) is -23.1. The average molecular weight is 640 g/mol. The molecule has 24 heteroatoms. The Morgan fingerprint density at radius 2 is 0.711 bits per heavy atom. The standard InChI is InChI=1S/C14H28O20P4/c1-3-5-7(15)29-9-11(31-35(17,18)19)10(30-8(16)6-4-2)13(33-37(23,24)25)14(34-38(26,27)28)12(9)32-36(20,21)22/h9-14H,3-6H2,1-2H3,(H2,17,18,19)(H2,20,21,22)(H2,23,24,25)(H2,26,27,28)/t9-,10-,11?,12-,13+,14?/m1/s1. The molecule has 0 saturated heterocycles. The molecule has 38 heavy (non-hydrogen) atoms. The summed E-state index contributed by atoms with van der Waals surface area (Å²) in [6.07, 6.45) is -16.3. The average Bonchev–Trinajstić information content (AvgIpc) is 2.66. The molecule has 224 valence electrons. The molecule has 1 fully saturated rings. The van der Waals surface area contributed by atoms with E-state index in [1.54, 1.807) is 0 Å². The van der Waals surface area contributed by atoms with Gasteiger partial charge in [-0.2, -0.15) is 0 Å². The summed E-state index contributed by atoms with van der Waals surface area (Å²) in [6.45, 7) is 2.96. The van der Waals surface area contributed by atoms with Crippen LogP contribution >= 0.6 is 31.3 Å². The molecule has 0 spiro atoms. The maximum absolute atomic E-state index is 12.3. The van der Waals surface area contributed by atoms with Gasteiger partial charge in [0.05, 0.1) is 0 Å². The second-order valence-corrected chi connectivity index (χ2v) is 12.4. The molecule has 6 atom stereocenters. The Labute approximate surface area is 214 Å². The first kappa shape index (κ1) is 35.4. The molecule has 0 radical (unpaired) electrons. The third-order valence-electron chi connectivity index (χ3n) is 4.42. The van der Waals surface area contributed by atoms with E-state index in [2.05, 4.69) is 18.1 Å². The first-order valence-corrected chi connectivity index (χ1v) is 16.5. The monoisotopic (exact) mass is 640 g/mol. The van der Waals surface area contributed by atoms with Crippen LogP contribution in [-0.4, -0.2) is 87.7 Å². The van der Waals surface area contributed by atoms with E-state index in [1.807, 2.05) is 0 Å². The lowest BCUT2D eigenvalue weighted by atomic mass is 9.84. The summed E-state index contributed by atoms with van der Waals surface area (Å²) in [5.41, 5.74) is 0. The molecule has 1 aliphatic rings. The first-order chi connectivity index (χ1) is 17.1. The van der Waals surface area contributed by atoms with Crippen molar-refractivity contribution in [3.8, 4) is 0 Å². The maximum atomic E-state index is 12.3. The molecule has 0 aromatic carbocycles. The summed E-state index contributed by atoms with van der Waals surface area (Å²) >= 11 is 0. The molecule has 0 heterocycles. The van der Waals surface area contributed by atoms with Crippen LogP contribution in [-0.2, 0) is 55.4 Å². The van der Waals surface area contributed by atoms with Crippen LogP contribution < -0.4 is 0 Å². The molecule has 0 aromatic heterocycles. The van der Waals surface area contributed by atoms with Gasteiger partial charge in [0.15, 0.2) is 12.2 Å². The third kappa shape index (κ3) is 12.7. The van der Waals surface area contributed by atoms with E-state index in [0.717, 1.165) is 0 Å². The van der Waals surface area contributed by atoms with Gasteiger partial charge in [-0.1, -0.05) is 13.8 Å². The fourth-order valence-electron chi connectivity index (χ4n) is 3.33. The second-order valence-electron chi connectivity index (χ2n) is 7.65. The highest BCUT2D eigenvalue weighted by molar-refractivity contribution is 7.47. The van der Waals surface area contributed by atoms with E-state index in [1.165, 1.54) is 13.8 Å². The predicted molar refractivity (Wildman–Crippen MR) is 117 cm³/mol. The van der Waals surface area contributed by atoms with Crippen molar-refractivity contribution in [3.63, 3.8) is 0 Å². The largest absolute Gasteiger partial charge is 0.470 e. The fourth-order valence-corrected chi connectivity index (χ4v) is 5.56. The van der Waals surface area contributed by atoms with E-state index in [4.69, 9.17) is 9.47 Å². The molecular formula is C14H28O20P4. The van der Waals surface area contributed by atoms with Crippen LogP contribution in [0.1, 0.15) is 39.5 Å². The van der Waals surface area contributed by atoms with E-state index in [-0.39, 0.29) is 12.8 Å². The smallest absolute Gasteiger partial charge is 0.456 e. The van der Waals surface area contributed by atoms with Crippen molar-refractivity contribution < 1.29 is 94.6 Å². The minimum absolute atomic E-state index is 0.0981. The van der Waals surface area contributed by atoms with Gasteiger partial charge in [0.25, 0.3) is 0 Å². The molecular weight excluding hydrogens is 612 g/mol. The van der Waals surface area contributed by atoms with Crippen molar-refractivity contribution in [3.05, 3.63) is 0 Å². The number of hydrogen-bond donors (Lipinski definition) is 8. The van der Waals surface area contributed by atoms with Crippen LogP contribution in [0, 0.1) is 0 Å². The van der Waals surface area contributed by atoms with Gasteiger partial charge in [-0.15, -0.1) is 0 Å². The lowest BCUT2D eigenvalue weighted by molar-refractivity contribution is -0.230. The molecule has 20 nitrogen and oxygen atoms in total. The van der Waals surface area contributed by atoms with Gasteiger partial charge in [0.2, 0.25) is 0 Å². The topological polar surface area (TPSA) is 320 Å². The fraction of sp³-hybridized carbons (Fsp3) is 0.857. The number of phosphoric acid groups is 4. The number of ether oxygens (including phenoxy) is 2. The Balaban J connectivity index is 3.97. The van der Waals surface area contributed by atoms with Gasteiger partial charge >= 0.3 is 43.2 Å². The van der Waals surface area contributed by atoms with Crippen LogP contribution in [0.25, 0.3) is 0 Å². The van der Waals surface area contributed by atoms with Crippen LogP contribution in [0.2, 0.25) is 0 Å². The number of phosphoric ester groups is 4. The van der Waals surface area contributed by atoms with E-state index < -0.39 is 92.7 Å². The van der Waals surface area contributed by atoms with E-state index in [0.29, 0.717) is 0 Å². The van der Waals surface area contributed by atoms with Gasteiger partial charge in [0.1, 0.15) is 24.4 Å². The van der Waals surface area contributed by atoms with Gasteiger partial charge in [-0.05, 0) is 12.8 Å². The van der Waals surface area contributed by atoms with Crippen molar-refractivity contribution in [2.75, 3.05) is 0 Å². The van der Waals surface area contributed by atoms with Gasteiger partial charge < -0.3 is 48.6 Å². The Hall–Kier alpha value is -0.620. The highest BCUT2D eigenvalue weighted by atomic mass is 31.2. The SMILES string of the molecule is CCCC(=O)O[C@@H]1C(OP(=O)(O)O)[C@@H](OC(=O)CCC)[C@@H](OP(=O)(O)O)C(OP(=O)(O)O)[C@H]1OP(=O)(O)O. The van der Waals surface area contributed by atoms with E-state index >= 15 is 0 Å². The molecule has 8 N–H and O–H groups in total. The molecule has 1 aliphatic carbocycles. The highest BCUT2D eigenvalue weighted by Gasteiger charge is 2.62. The molecule has 0 amide bonds. The number of carbonyl (C=O) groups excluding carboxylic acids is 2. The number of esters is 2. The zero-order valence-corrected chi connectivity index (χ0v) is 23.1. The maximum Gasteiger partial charge on any atom is 0.470 e. The lowest BCUT2D eigenvalue weighted by Crippen LogP contribution is -2.67. The molecule has 1 saturated carbocycles. The summed E-state index contributed by atoms with van der Waals surface area (Å²) in [5.74, 6) is -2.45. The van der Waals surface area contributed by atoms with Crippen LogP contribution in [0.5, 0.6) is 0 Å². The van der Waals surface area contributed by atoms with Gasteiger partial charge in [-0.3, -0.25) is 27.7 Å². The van der Waals surface area contributed by atoms with Crippen LogP contribution in [0.3, 0.4) is 0 Å². The highest BCUT2D eigenvalue weighted by Crippen LogP contribution is 2.53. The number of hydrogen-bond acceptors (Lipinski definition) is 12. The Kier molecular flexibility index (Phi) is 12.9. The minimum Gasteiger partial charge on any atom is -0.456 e. The van der Waals surface area contributed by atoms with Crippen LogP contribution in [0.15, 0.2) is 0 Å². The van der Waals surface area contributed by atoms with Crippen molar-refractivity contribution in [2.45, 2.75) is 76.2 Å². The summed E-state index contributed by atoms with van der Waals surface area (Å²) in [5, 5.41) is 0. The lowest BCUT2D eigenvalue weighted by Gasteiger charge is -2.47. The normalized spacial score (nSPS) is 27.1. The second kappa shape index (κ2) is 13.8. The summed E-state index contributed by atoms with van der Waals surface area (Å²) < 4.78 is 74.7. The Morgan fingerprint density at radius 1 is 0.500 bits per heavy atom. The quantitative estimate of drug-likeness (QED) is 0.0862. The minimum atomic E-state index is -5.79. The zero-order valence-electron chi connectivity index (χ0n) is 19.6. The van der Waals surface area contributed by atoms with Crippen molar-refractivity contribution in [1.29, 1.82) is 0 Å². The Bertz CT molecular complexity index is 951. The summed E-state index contributed by atoms with van der Waals surface area (Å²) in [4.78, 5) is 99.7.